The number of nitrogens with two attached hydrogens (primary N) is 1. The van der Waals surface area contributed by atoms with Crippen molar-refractivity contribution in [1.82, 2.24) is 4.98 Å². The van der Waals surface area contributed by atoms with Crippen LogP contribution in [0.5, 0.6) is 5.75 Å². The molecule has 1 aliphatic carbocycles. The van der Waals surface area contributed by atoms with Crippen LogP contribution in [0.25, 0.3) is 0 Å². The molecule has 1 aromatic heterocycles. The summed E-state index contributed by atoms with van der Waals surface area (Å²) in [5.74, 6) is 0.622. The Hall–Kier alpha value is -1.42. The summed E-state index contributed by atoms with van der Waals surface area (Å²) in [6.45, 7) is 0. The van der Waals surface area contributed by atoms with Crippen LogP contribution in [0.1, 0.15) is 36.2 Å². The van der Waals surface area contributed by atoms with Crippen LogP contribution in [0.15, 0.2) is 18.3 Å². The molecule has 2 rings (SSSR count). The zero-order valence-corrected chi connectivity index (χ0v) is 10.1. The van der Waals surface area contributed by atoms with Gasteiger partial charge in [-0.3, -0.25) is 4.79 Å². The molecule has 1 saturated carbocycles. The van der Waals surface area contributed by atoms with E-state index in [1.807, 2.05) is 0 Å². The van der Waals surface area contributed by atoms with Gasteiger partial charge in [-0.15, -0.1) is 0 Å². The van der Waals surface area contributed by atoms with Gasteiger partial charge in [0.05, 0.1) is 7.11 Å². The van der Waals surface area contributed by atoms with Crippen molar-refractivity contribution in [2.24, 2.45) is 11.7 Å². The minimum absolute atomic E-state index is 0.00236. The van der Waals surface area contributed by atoms with Crippen LogP contribution in [-0.4, -0.2) is 23.9 Å². The second-order valence-electron chi connectivity index (χ2n) is 4.54. The van der Waals surface area contributed by atoms with Gasteiger partial charge in [-0.25, -0.2) is 4.98 Å². The average Bonchev–Trinajstić information content (AvgIpc) is 2.38. The number of hydrogen-bond donors (Lipinski definition) is 1. The van der Waals surface area contributed by atoms with Gasteiger partial charge in [0.15, 0.2) is 5.78 Å². The lowest BCUT2D eigenvalue weighted by Gasteiger charge is -2.25. The van der Waals surface area contributed by atoms with E-state index < -0.39 is 0 Å². The van der Waals surface area contributed by atoms with Gasteiger partial charge in [0.1, 0.15) is 11.4 Å². The number of ether oxygens (including phenoxy) is 1. The summed E-state index contributed by atoms with van der Waals surface area (Å²) in [6.07, 6.45) is 5.33. The molecule has 2 N–H and O–H groups in total. The number of hydrogen-bond acceptors (Lipinski definition) is 4. The van der Waals surface area contributed by atoms with E-state index in [9.17, 15) is 4.79 Å². The quantitative estimate of drug-likeness (QED) is 0.810. The van der Waals surface area contributed by atoms with Gasteiger partial charge in [0.25, 0.3) is 0 Å². The van der Waals surface area contributed by atoms with E-state index in [4.69, 9.17) is 10.5 Å². The van der Waals surface area contributed by atoms with Crippen molar-refractivity contribution in [1.29, 1.82) is 0 Å². The maximum absolute atomic E-state index is 12.3. The third kappa shape index (κ3) is 2.64. The first-order valence-electron chi connectivity index (χ1n) is 6.01. The van der Waals surface area contributed by atoms with Crippen molar-refractivity contribution in [2.75, 3.05) is 7.11 Å². The summed E-state index contributed by atoms with van der Waals surface area (Å²) in [4.78, 5) is 16.5. The predicted octanol–water partition coefficient (Wildman–Crippen LogP) is 1.79. The summed E-state index contributed by atoms with van der Waals surface area (Å²) in [5.41, 5.74) is 6.35. The molecule has 1 fully saturated rings. The van der Waals surface area contributed by atoms with E-state index >= 15 is 0 Å². The molecule has 17 heavy (non-hydrogen) atoms. The van der Waals surface area contributed by atoms with Gasteiger partial charge < -0.3 is 10.5 Å². The highest BCUT2D eigenvalue weighted by Crippen LogP contribution is 2.28. The molecule has 0 saturated heterocycles. The molecule has 4 nitrogen and oxygen atoms in total. The number of rotatable bonds is 3. The SMILES string of the molecule is COc1cccnc1C(=O)C1CCCC(N)C1. The van der Waals surface area contributed by atoms with Crippen molar-refractivity contribution in [3.8, 4) is 5.75 Å². The van der Waals surface area contributed by atoms with Crippen molar-refractivity contribution in [2.45, 2.75) is 31.7 Å². The van der Waals surface area contributed by atoms with Crippen LogP contribution in [0.2, 0.25) is 0 Å². The molecule has 0 radical (unpaired) electrons. The number of carbonyl (C=O) groups is 1. The smallest absolute Gasteiger partial charge is 0.188 e. The molecule has 0 aromatic carbocycles. The Kier molecular flexibility index (Phi) is 3.74. The van der Waals surface area contributed by atoms with Crippen LogP contribution < -0.4 is 10.5 Å². The first kappa shape index (κ1) is 12.0. The van der Waals surface area contributed by atoms with Crippen LogP contribution >= 0.6 is 0 Å². The first-order valence-corrected chi connectivity index (χ1v) is 6.01. The molecule has 0 bridgehead atoms. The number of carbonyl (C=O) groups excluding carboxylic acids is 1. The highest BCUT2D eigenvalue weighted by atomic mass is 16.5. The van der Waals surface area contributed by atoms with Gasteiger partial charge in [-0.2, -0.15) is 0 Å². The summed E-state index contributed by atoms with van der Waals surface area (Å²) in [7, 11) is 1.56. The summed E-state index contributed by atoms with van der Waals surface area (Å²) in [6, 6.07) is 3.68. The minimum Gasteiger partial charge on any atom is -0.494 e. The minimum atomic E-state index is 0.00236. The lowest BCUT2D eigenvalue weighted by atomic mass is 9.82. The molecule has 1 aromatic rings. The van der Waals surface area contributed by atoms with E-state index in [0.29, 0.717) is 11.4 Å². The molecule has 1 heterocycles. The fourth-order valence-corrected chi connectivity index (χ4v) is 2.40. The third-order valence-corrected chi connectivity index (χ3v) is 3.31. The molecule has 0 amide bonds. The second kappa shape index (κ2) is 5.27. The summed E-state index contributed by atoms with van der Waals surface area (Å²) < 4.78 is 5.17. The average molecular weight is 234 g/mol. The normalized spacial score (nSPS) is 24.4. The van der Waals surface area contributed by atoms with Crippen molar-refractivity contribution < 1.29 is 9.53 Å². The molecular weight excluding hydrogens is 216 g/mol. The number of aromatic nitrogens is 1. The highest BCUT2D eigenvalue weighted by molar-refractivity contribution is 5.98. The van der Waals surface area contributed by atoms with E-state index in [2.05, 4.69) is 4.98 Å². The Morgan fingerprint density at radius 1 is 1.53 bits per heavy atom. The topological polar surface area (TPSA) is 65.2 Å². The lowest BCUT2D eigenvalue weighted by molar-refractivity contribution is 0.0873. The number of methoxy groups -OCH3 is 1. The highest BCUT2D eigenvalue weighted by Gasteiger charge is 2.28. The van der Waals surface area contributed by atoms with Gasteiger partial charge >= 0.3 is 0 Å². The Balaban J connectivity index is 2.18. The van der Waals surface area contributed by atoms with Crippen LogP contribution in [0.4, 0.5) is 0 Å². The van der Waals surface area contributed by atoms with Gasteiger partial charge in [-0.05, 0) is 31.4 Å². The monoisotopic (exact) mass is 234 g/mol. The van der Waals surface area contributed by atoms with E-state index in [0.717, 1.165) is 25.7 Å². The summed E-state index contributed by atoms with van der Waals surface area (Å²) in [5, 5.41) is 0. The number of nitrogens with zero attached hydrogens (tertiary/aromatic N) is 1. The molecular formula is C13H18N2O2. The lowest BCUT2D eigenvalue weighted by Crippen LogP contribution is -2.32. The van der Waals surface area contributed by atoms with Gasteiger partial charge in [-0.1, -0.05) is 6.42 Å². The largest absolute Gasteiger partial charge is 0.494 e. The van der Waals surface area contributed by atoms with E-state index in [-0.39, 0.29) is 17.7 Å². The van der Waals surface area contributed by atoms with E-state index in [1.54, 1.807) is 25.4 Å². The maximum Gasteiger partial charge on any atom is 0.188 e. The van der Waals surface area contributed by atoms with Crippen molar-refractivity contribution in [3.63, 3.8) is 0 Å². The fraction of sp³-hybridized carbons (Fsp3) is 0.538. The van der Waals surface area contributed by atoms with Crippen molar-refractivity contribution in [3.05, 3.63) is 24.0 Å². The Labute approximate surface area is 101 Å². The Morgan fingerprint density at radius 2 is 2.35 bits per heavy atom. The Bertz CT molecular complexity index is 406. The van der Waals surface area contributed by atoms with Crippen molar-refractivity contribution >= 4 is 5.78 Å². The zero-order valence-electron chi connectivity index (χ0n) is 10.1. The van der Waals surface area contributed by atoms with Gasteiger partial charge in [0, 0.05) is 18.2 Å². The van der Waals surface area contributed by atoms with Crippen LogP contribution in [0.3, 0.4) is 0 Å². The predicted molar refractivity (Wildman–Crippen MR) is 65.1 cm³/mol. The summed E-state index contributed by atoms with van der Waals surface area (Å²) >= 11 is 0. The maximum atomic E-state index is 12.3. The number of pyridine rings is 1. The molecule has 4 heteroatoms. The van der Waals surface area contributed by atoms with Gasteiger partial charge in [0.2, 0.25) is 0 Å². The molecule has 2 unspecified atom stereocenters. The zero-order chi connectivity index (χ0) is 12.3. The first-order chi connectivity index (χ1) is 8.22. The van der Waals surface area contributed by atoms with E-state index in [1.165, 1.54) is 0 Å². The fourth-order valence-electron chi connectivity index (χ4n) is 2.40. The standard InChI is InChI=1S/C13H18N2O2/c1-17-11-6-3-7-15-12(11)13(16)9-4-2-5-10(14)8-9/h3,6-7,9-10H,2,4-5,8,14H2,1H3. The third-order valence-electron chi connectivity index (χ3n) is 3.31. The molecule has 0 spiro atoms. The second-order valence-corrected chi connectivity index (χ2v) is 4.54. The molecule has 1 aliphatic rings. The molecule has 92 valence electrons. The van der Waals surface area contributed by atoms with Crippen LogP contribution in [0, 0.1) is 5.92 Å². The number of Topliss-reactive ketones (excluding diaryl/α,β-unsaturated/α-hetero) is 1. The number of ketones is 1. The molecule has 2 atom stereocenters. The Morgan fingerprint density at radius 3 is 3.06 bits per heavy atom. The van der Waals surface area contributed by atoms with Crippen LogP contribution in [-0.2, 0) is 0 Å². The molecule has 0 aliphatic heterocycles.